The fraction of sp³-hybridized carbons (Fsp3) is 0.240. The second-order valence-corrected chi connectivity index (χ2v) is 11.1. The van der Waals surface area contributed by atoms with Gasteiger partial charge in [-0.2, -0.15) is 23.4 Å². The van der Waals surface area contributed by atoms with Crippen molar-refractivity contribution in [3.05, 3.63) is 81.0 Å². The van der Waals surface area contributed by atoms with Crippen LogP contribution in [0.3, 0.4) is 0 Å². The lowest BCUT2D eigenvalue weighted by atomic mass is 10.1. The Bertz CT molecular complexity index is 1820. The summed E-state index contributed by atoms with van der Waals surface area (Å²) in [6.07, 6.45) is -3.00. The number of fused-ring (bicyclic) bond motifs is 1. The summed E-state index contributed by atoms with van der Waals surface area (Å²) < 4.78 is 67.2. The number of para-hydroxylation sites is 1. The summed E-state index contributed by atoms with van der Waals surface area (Å²) in [5, 5.41) is 8.23. The van der Waals surface area contributed by atoms with Gasteiger partial charge in [0.05, 0.1) is 28.2 Å². The average molecular weight is 575 g/mol. The van der Waals surface area contributed by atoms with Gasteiger partial charge >= 0.3 is 6.18 Å². The highest BCUT2D eigenvalue weighted by atomic mass is 35.5. The van der Waals surface area contributed by atoms with E-state index in [0.717, 1.165) is 16.9 Å². The van der Waals surface area contributed by atoms with Gasteiger partial charge in [0.2, 0.25) is 15.0 Å². The standard InChI is InChI=1S/C25H18ClF3N6O3S/c1-39(37,38)24-32-20(26)15(13-30)21(33-24)34-12-6-11-18(34)22-31-17-10-5-9-16(25(27,28)29)19(17)23(36)35(22)14-7-3-2-4-8-14/h2-5,7-10,18H,6,11-12H2,1H3. The van der Waals surface area contributed by atoms with Gasteiger partial charge in [-0.1, -0.05) is 35.9 Å². The van der Waals surface area contributed by atoms with E-state index in [9.17, 15) is 31.6 Å². The fourth-order valence-electron chi connectivity index (χ4n) is 4.70. The van der Waals surface area contributed by atoms with Gasteiger partial charge in [0, 0.05) is 12.8 Å². The molecule has 39 heavy (non-hydrogen) atoms. The van der Waals surface area contributed by atoms with E-state index in [4.69, 9.17) is 11.6 Å². The quantitative estimate of drug-likeness (QED) is 0.259. The van der Waals surface area contributed by atoms with E-state index in [-0.39, 0.29) is 40.1 Å². The summed E-state index contributed by atoms with van der Waals surface area (Å²) in [5.74, 6) is 0.0356. The Morgan fingerprint density at radius 3 is 2.44 bits per heavy atom. The summed E-state index contributed by atoms with van der Waals surface area (Å²) >= 11 is 6.16. The third-order valence-electron chi connectivity index (χ3n) is 6.33. The number of benzene rings is 2. The number of nitriles is 1. The highest BCUT2D eigenvalue weighted by molar-refractivity contribution is 7.90. The molecule has 1 atom stereocenters. The molecule has 0 spiro atoms. The summed E-state index contributed by atoms with van der Waals surface area (Å²) in [6.45, 7) is 0.279. The minimum Gasteiger partial charge on any atom is -0.345 e. The van der Waals surface area contributed by atoms with Crippen molar-refractivity contribution in [2.24, 2.45) is 0 Å². The maximum absolute atomic E-state index is 13.9. The van der Waals surface area contributed by atoms with Crippen molar-refractivity contribution in [3.8, 4) is 11.8 Å². The fourth-order valence-corrected chi connectivity index (χ4v) is 5.46. The van der Waals surface area contributed by atoms with Gasteiger partial charge in [0.25, 0.3) is 5.56 Å². The Labute approximate surface area is 225 Å². The van der Waals surface area contributed by atoms with Gasteiger partial charge in [-0.15, -0.1) is 0 Å². The van der Waals surface area contributed by atoms with Crippen molar-refractivity contribution in [2.45, 2.75) is 30.2 Å². The molecular weight excluding hydrogens is 557 g/mol. The van der Waals surface area contributed by atoms with Gasteiger partial charge in [-0.25, -0.2) is 18.4 Å². The second-order valence-electron chi connectivity index (χ2n) is 8.87. The van der Waals surface area contributed by atoms with Crippen LogP contribution in [0.2, 0.25) is 5.15 Å². The molecule has 0 saturated carbocycles. The molecule has 1 unspecified atom stereocenters. The molecule has 14 heteroatoms. The predicted octanol–water partition coefficient (Wildman–Crippen LogP) is 4.46. The van der Waals surface area contributed by atoms with Crippen molar-refractivity contribution in [1.29, 1.82) is 5.26 Å². The molecular formula is C25H18ClF3N6O3S. The number of rotatable bonds is 4. The predicted molar refractivity (Wildman–Crippen MR) is 137 cm³/mol. The van der Waals surface area contributed by atoms with Crippen molar-refractivity contribution in [3.63, 3.8) is 0 Å². The first-order chi connectivity index (χ1) is 18.4. The molecule has 200 valence electrons. The maximum Gasteiger partial charge on any atom is 0.417 e. The second kappa shape index (κ2) is 9.62. The first kappa shape index (κ1) is 26.6. The van der Waals surface area contributed by atoms with Gasteiger partial charge in [0.1, 0.15) is 17.5 Å². The average Bonchev–Trinajstić information content (AvgIpc) is 3.37. The number of halogens is 4. The third kappa shape index (κ3) is 4.70. The van der Waals surface area contributed by atoms with Crippen molar-refractivity contribution in [1.82, 2.24) is 19.5 Å². The van der Waals surface area contributed by atoms with Crippen LogP contribution in [0.1, 0.15) is 35.8 Å². The monoisotopic (exact) mass is 574 g/mol. The minimum absolute atomic E-state index is 0.0709. The van der Waals surface area contributed by atoms with E-state index in [1.54, 1.807) is 35.2 Å². The lowest BCUT2D eigenvalue weighted by molar-refractivity contribution is -0.136. The molecule has 0 aliphatic carbocycles. The van der Waals surface area contributed by atoms with Crippen LogP contribution in [0, 0.1) is 11.3 Å². The minimum atomic E-state index is -4.79. The smallest absolute Gasteiger partial charge is 0.345 e. The molecule has 2 aromatic carbocycles. The van der Waals surface area contributed by atoms with E-state index in [0.29, 0.717) is 12.8 Å². The molecule has 1 saturated heterocycles. The Morgan fingerprint density at radius 2 is 1.79 bits per heavy atom. The molecule has 9 nitrogen and oxygen atoms in total. The molecule has 2 aromatic heterocycles. The topological polar surface area (TPSA) is 122 Å². The van der Waals surface area contributed by atoms with E-state index >= 15 is 0 Å². The Hall–Kier alpha value is -4.02. The van der Waals surface area contributed by atoms with Crippen LogP contribution in [-0.2, 0) is 16.0 Å². The molecule has 0 bridgehead atoms. The SMILES string of the molecule is CS(=O)(=O)c1nc(Cl)c(C#N)c(N2CCCC2c2nc3cccc(C(F)(F)F)c3c(=O)n2-c2ccccc2)n1. The van der Waals surface area contributed by atoms with Crippen molar-refractivity contribution >= 4 is 38.2 Å². The van der Waals surface area contributed by atoms with E-state index in [1.807, 2.05) is 6.07 Å². The molecule has 1 fully saturated rings. The number of sulfone groups is 1. The molecule has 0 amide bonds. The molecule has 5 rings (SSSR count). The Balaban J connectivity index is 1.81. The third-order valence-corrected chi connectivity index (χ3v) is 7.45. The van der Waals surface area contributed by atoms with Gasteiger partial charge in [0.15, 0.2) is 11.0 Å². The van der Waals surface area contributed by atoms with Crippen molar-refractivity contribution in [2.75, 3.05) is 17.7 Å². The molecule has 0 radical (unpaired) electrons. The summed E-state index contributed by atoms with van der Waals surface area (Å²) in [4.78, 5) is 27.8. The number of hydrogen-bond acceptors (Lipinski definition) is 8. The first-order valence-electron chi connectivity index (χ1n) is 11.5. The van der Waals surface area contributed by atoms with Crippen LogP contribution in [-0.4, -0.2) is 40.7 Å². The van der Waals surface area contributed by atoms with Crippen LogP contribution in [0.5, 0.6) is 0 Å². The molecule has 0 N–H and O–H groups in total. The lowest BCUT2D eigenvalue weighted by Crippen LogP contribution is -2.33. The van der Waals surface area contributed by atoms with Crippen molar-refractivity contribution < 1.29 is 21.6 Å². The van der Waals surface area contributed by atoms with Crippen LogP contribution < -0.4 is 10.5 Å². The summed E-state index contributed by atoms with van der Waals surface area (Å²) in [5.41, 5.74) is -2.07. The summed E-state index contributed by atoms with van der Waals surface area (Å²) in [6, 6.07) is 12.6. The highest BCUT2D eigenvalue weighted by Gasteiger charge is 2.38. The lowest BCUT2D eigenvalue weighted by Gasteiger charge is -2.28. The zero-order valence-corrected chi connectivity index (χ0v) is 21.7. The number of hydrogen-bond donors (Lipinski definition) is 0. The molecule has 1 aliphatic rings. The molecule has 4 aromatic rings. The van der Waals surface area contributed by atoms with Crippen LogP contribution >= 0.6 is 11.6 Å². The largest absolute Gasteiger partial charge is 0.417 e. The van der Waals surface area contributed by atoms with Gasteiger partial charge in [-0.05, 0) is 37.1 Å². The van der Waals surface area contributed by atoms with Crippen LogP contribution in [0.15, 0.2) is 58.5 Å². The Morgan fingerprint density at radius 1 is 1.08 bits per heavy atom. The van der Waals surface area contributed by atoms with Gasteiger partial charge in [-0.3, -0.25) is 9.36 Å². The van der Waals surface area contributed by atoms with E-state index in [2.05, 4.69) is 15.0 Å². The first-order valence-corrected chi connectivity index (χ1v) is 13.8. The maximum atomic E-state index is 13.9. The van der Waals surface area contributed by atoms with E-state index < -0.39 is 43.7 Å². The number of alkyl halides is 3. The van der Waals surface area contributed by atoms with Crippen LogP contribution in [0.4, 0.5) is 19.0 Å². The van der Waals surface area contributed by atoms with E-state index in [1.165, 1.54) is 12.1 Å². The zero-order valence-electron chi connectivity index (χ0n) is 20.1. The summed E-state index contributed by atoms with van der Waals surface area (Å²) in [7, 11) is -3.91. The number of aromatic nitrogens is 4. The molecule has 3 heterocycles. The van der Waals surface area contributed by atoms with Gasteiger partial charge < -0.3 is 4.90 Å². The highest BCUT2D eigenvalue weighted by Crippen LogP contribution is 2.39. The molecule has 1 aliphatic heterocycles. The number of nitrogens with zero attached hydrogens (tertiary/aromatic N) is 6. The van der Waals surface area contributed by atoms with Crippen LogP contribution in [0.25, 0.3) is 16.6 Å². The Kier molecular flexibility index (Phi) is 6.56. The number of anilines is 1. The zero-order chi connectivity index (χ0) is 28.1. The normalized spacial score (nSPS) is 16.0.